The van der Waals surface area contributed by atoms with Crippen LogP contribution in [0.1, 0.15) is 25.0 Å². The smallest absolute Gasteiger partial charge is 0.207 e. The third kappa shape index (κ3) is 11.0. The highest BCUT2D eigenvalue weighted by molar-refractivity contribution is 7.92. The predicted octanol–water partition coefficient (Wildman–Crippen LogP) is 26.8. The van der Waals surface area contributed by atoms with E-state index in [0.717, 1.165) is 139 Å². The summed E-state index contributed by atoms with van der Waals surface area (Å²) in [7, 11) is -3.58. The summed E-state index contributed by atoms with van der Waals surface area (Å²) in [5, 5.41) is 9.38. The van der Waals surface area contributed by atoms with Crippen LogP contribution in [0.4, 0.5) is 0 Å². The second kappa shape index (κ2) is 26.5. The molecule has 0 amide bonds. The highest BCUT2D eigenvalue weighted by Gasteiger charge is 2.36. The number of aromatic nitrogens is 6. The molecule has 0 saturated heterocycles. The van der Waals surface area contributed by atoms with Crippen LogP contribution in [-0.4, -0.2) is 36.9 Å². The summed E-state index contributed by atoms with van der Waals surface area (Å²) in [6.45, 7) is 4.71. The first-order chi connectivity index (χ1) is 56.5. The number of rotatable bonds is 10. The van der Waals surface area contributed by atoms with E-state index in [4.69, 9.17) is 15.0 Å². The molecule has 6 aromatic heterocycles. The first-order valence-corrected chi connectivity index (χ1v) is 40.5. The Hall–Kier alpha value is -14.6. The second-order valence-electron chi connectivity index (χ2n) is 30.6. The van der Waals surface area contributed by atoms with Crippen LogP contribution < -0.4 is 0 Å². The Kier molecular flexibility index (Phi) is 15.5. The van der Waals surface area contributed by atoms with Crippen molar-refractivity contribution in [3.8, 4) is 123 Å². The average molecular weight is 1490 g/mol. The zero-order valence-electron chi connectivity index (χ0n) is 62.9. The largest absolute Gasteiger partial charge is 0.309 e. The minimum atomic E-state index is -3.58. The van der Waals surface area contributed by atoms with Crippen LogP contribution in [0.5, 0.6) is 0 Å². The van der Waals surface area contributed by atoms with Crippen LogP contribution in [0, 0.1) is 0 Å². The molecular formula is C106H70N6O2S. The Labute approximate surface area is 665 Å². The van der Waals surface area contributed by atoms with Crippen LogP contribution in [0.2, 0.25) is 0 Å². The van der Waals surface area contributed by atoms with E-state index < -0.39 is 9.84 Å². The van der Waals surface area contributed by atoms with E-state index in [0.29, 0.717) is 9.79 Å². The fourth-order valence-electron chi connectivity index (χ4n) is 18.2. The van der Waals surface area contributed by atoms with Crippen molar-refractivity contribution in [3.05, 3.63) is 400 Å². The summed E-state index contributed by atoms with van der Waals surface area (Å²) in [6, 6.07) is 134. The number of pyridine rings is 3. The second-order valence-corrected chi connectivity index (χ2v) is 32.5. The maximum absolute atomic E-state index is 13.5. The van der Waals surface area contributed by atoms with Crippen LogP contribution in [-0.2, 0) is 15.3 Å². The number of para-hydroxylation sites is 2. The summed E-state index contributed by atoms with van der Waals surface area (Å²) < 4.78 is 34.0. The number of nitrogens with zero attached hydrogens (tertiary/aromatic N) is 6. The van der Waals surface area contributed by atoms with Gasteiger partial charge in [-0.2, -0.15) is 0 Å². The predicted molar refractivity (Wildman–Crippen MR) is 473 cm³/mol. The molecule has 0 saturated carbocycles. The van der Waals surface area contributed by atoms with Gasteiger partial charge in [0.05, 0.1) is 71.7 Å². The van der Waals surface area contributed by atoms with Crippen molar-refractivity contribution in [2.45, 2.75) is 29.1 Å². The van der Waals surface area contributed by atoms with E-state index in [1.165, 1.54) is 66.1 Å². The van der Waals surface area contributed by atoms with Gasteiger partial charge in [0.15, 0.2) is 0 Å². The monoisotopic (exact) mass is 1490 g/mol. The number of hydrogen-bond acceptors (Lipinski definition) is 5. The van der Waals surface area contributed by atoms with Gasteiger partial charge in [-0.1, -0.05) is 281 Å². The van der Waals surface area contributed by atoms with E-state index in [1.807, 2.05) is 66.7 Å². The Morgan fingerprint density at radius 2 is 0.809 bits per heavy atom. The molecule has 2 aliphatic rings. The van der Waals surface area contributed by atoms with Crippen molar-refractivity contribution in [2.24, 2.45) is 0 Å². The van der Waals surface area contributed by atoms with Crippen molar-refractivity contribution in [3.63, 3.8) is 0 Å². The van der Waals surface area contributed by atoms with Gasteiger partial charge in [-0.25, -0.2) is 23.4 Å². The lowest BCUT2D eigenvalue weighted by atomic mass is 9.81. The molecule has 23 rings (SSSR count). The molecule has 115 heavy (non-hydrogen) atoms. The summed E-state index contributed by atoms with van der Waals surface area (Å²) in [6.07, 6.45) is 2.08. The third-order valence-electron chi connectivity index (χ3n) is 23.7. The van der Waals surface area contributed by atoms with Crippen molar-refractivity contribution in [1.82, 2.24) is 28.5 Å². The molecule has 9 heteroatoms. The summed E-state index contributed by atoms with van der Waals surface area (Å²) in [5.74, 6) is 0. The maximum Gasteiger partial charge on any atom is 0.207 e. The van der Waals surface area contributed by atoms with Crippen molar-refractivity contribution >= 4 is 80.6 Å². The zero-order chi connectivity index (χ0) is 76.6. The van der Waals surface area contributed by atoms with Crippen LogP contribution in [0.3, 0.4) is 0 Å². The van der Waals surface area contributed by atoms with E-state index in [-0.39, 0.29) is 5.41 Å². The first-order valence-electron chi connectivity index (χ1n) is 39.0. The standard InChI is InChI=1S/C57H39N3.C49H31N3O2S/c1-57(2)48-23-12-10-21-44(48)45-29-27-37(33-49(45)57)41-31-38-17-6-8-19-42(38)55(35-41)60-53-26-13-11-22-46(53)47-32-40(28-30-54(47)60)50-24-14-25-51(58-50)56-43-20-9-7-18-39(43)34-52(59-56)36-15-4-3-5-16-36;53-55(54)45-21-7-5-19-40(45)41-25-23-36(31-46(41)55)34-15-11-17-38(29-34)52-43-20-6-4-18-39(43)42-30-35(24-26-44(42)52)33-14-10-16-37(28-33)49-48(32-12-2-1-3-13-32)50-47-22-8-9-27-51(47)49/h3-35H,1-2H3;1-31H. The highest BCUT2D eigenvalue weighted by Crippen LogP contribution is 2.51. The Bertz CT molecular complexity index is 7720. The Morgan fingerprint density at radius 3 is 1.60 bits per heavy atom. The minimum absolute atomic E-state index is 0.0724. The molecule has 0 radical (unpaired) electrons. The van der Waals surface area contributed by atoms with Gasteiger partial charge >= 0.3 is 0 Å². The molecule has 0 unspecified atom stereocenters. The molecule has 0 spiro atoms. The molecule has 0 bridgehead atoms. The highest BCUT2D eigenvalue weighted by atomic mass is 32.2. The lowest BCUT2D eigenvalue weighted by Gasteiger charge is -2.22. The molecule has 21 aromatic rings. The lowest BCUT2D eigenvalue weighted by molar-refractivity contribution is 0.598. The van der Waals surface area contributed by atoms with Gasteiger partial charge in [0, 0.05) is 83.0 Å². The van der Waals surface area contributed by atoms with Crippen LogP contribution in [0.25, 0.3) is 194 Å². The van der Waals surface area contributed by atoms with Gasteiger partial charge in [-0.15, -0.1) is 0 Å². The average Bonchev–Trinajstić information content (AvgIpc) is 1.59. The molecule has 15 aromatic carbocycles. The normalized spacial score (nSPS) is 13.0. The Balaban J connectivity index is 0.000000140. The van der Waals surface area contributed by atoms with Crippen LogP contribution in [0.15, 0.2) is 398 Å². The van der Waals surface area contributed by atoms with Crippen molar-refractivity contribution in [2.75, 3.05) is 0 Å². The van der Waals surface area contributed by atoms with Gasteiger partial charge in [0.1, 0.15) is 5.65 Å². The number of benzene rings is 15. The van der Waals surface area contributed by atoms with Crippen LogP contribution >= 0.6 is 0 Å². The van der Waals surface area contributed by atoms with E-state index in [1.54, 1.807) is 12.1 Å². The zero-order valence-corrected chi connectivity index (χ0v) is 63.7. The first kappa shape index (κ1) is 67.3. The lowest BCUT2D eigenvalue weighted by Crippen LogP contribution is -2.14. The molecule has 0 N–H and O–H groups in total. The maximum atomic E-state index is 13.5. The van der Waals surface area contributed by atoms with Gasteiger partial charge in [0.2, 0.25) is 9.84 Å². The molecule has 0 atom stereocenters. The molecule has 1 aliphatic carbocycles. The fraction of sp³-hybridized carbons (Fsp3) is 0.0283. The molecule has 0 fully saturated rings. The molecule has 542 valence electrons. The number of imidazole rings is 1. The number of fused-ring (bicyclic) bond motifs is 15. The van der Waals surface area contributed by atoms with E-state index >= 15 is 0 Å². The van der Waals surface area contributed by atoms with Gasteiger partial charge < -0.3 is 9.13 Å². The Morgan fingerprint density at radius 1 is 0.278 bits per heavy atom. The quantitative estimate of drug-likeness (QED) is 0.136. The summed E-state index contributed by atoms with van der Waals surface area (Å²) in [4.78, 5) is 16.3. The minimum Gasteiger partial charge on any atom is -0.309 e. The number of sulfone groups is 1. The topological polar surface area (TPSA) is 87.1 Å². The van der Waals surface area contributed by atoms with Gasteiger partial charge in [0.25, 0.3) is 0 Å². The fourth-order valence-corrected chi connectivity index (χ4v) is 19.9. The summed E-state index contributed by atoms with van der Waals surface area (Å²) in [5.41, 5.74) is 31.0. The van der Waals surface area contributed by atoms with Gasteiger partial charge in [-0.3, -0.25) is 4.40 Å². The van der Waals surface area contributed by atoms with Gasteiger partial charge in [-0.05, 0) is 182 Å². The molecule has 8 nitrogen and oxygen atoms in total. The SMILES string of the molecule is CC1(C)c2ccccc2-c2ccc(-c3cc(-n4c5ccccc5c5cc(-c6cccc(-c7nc(-c8ccccc8)cc8ccccc78)n6)ccc54)c4ccccc4c3)cc21.O=S1(=O)c2ccccc2-c2ccc(-c3cccc(-n4c5ccccc5c5cc(-c6cccc(-c7c(-c8ccccc8)nc8ccccn78)c6)ccc54)c3)cc21. The van der Waals surface area contributed by atoms with Crippen molar-refractivity contribution in [1.29, 1.82) is 0 Å². The molecular weight excluding hydrogens is 1420 g/mol. The third-order valence-corrected chi connectivity index (χ3v) is 25.5. The van der Waals surface area contributed by atoms with E-state index in [2.05, 4.69) is 337 Å². The van der Waals surface area contributed by atoms with E-state index in [9.17, 15) is 8.42 Å². The number of hydrogen-bond donors (Lipinski definition) is 0. The molecule has 1 aliphatic heterocycles. The van der Waals surface area contributed by atoms with Crippen molar-refractivity contribution < 1.29 is 8.42 Å². The molecule has 7 heterocycles. The summed E-state index contributed by atoms with van der Waals surface area (Å²) >= 11 is 0.